The molecule has 0 unspecified atom stereocenters. The lowest BCUT2D eigenvalue weighted by molar-refractivity contribution is 1.19. The Morgan fingerprint density at radius 3 is 2.44 bits per heavy atom. The van der Waals surface area contributed by atoms with Gasteiger partial charge in [-0.3, -0.25) is 0 Å². The van der Waals surface area contributed by atoms with Crippen LogP contribution in [0.2, 0.25) is 0 Å². The third-order valence-electron chi connectivity index (χ3n) is 4.44. The number of fused-ring (bicyclic) bond motifs is 1. The number of hydrogen-bond acceptors (Lipinski definition) is 1. The van der Waals surface area contributed by atoms with Crippen molar-refractivity contribution in [3.05, 3.63) is 108 Å². The first kappa shape index (κ1) is 16.8. The Bertz CT molecular complexity index is 938. The zero-order valence-electron chi connectivity index (χ0n) is 14.6. The Kier molecular flexibility index (Phi) is 5.15. The van der Waals surface area contributed by atoms with Crippen LogP contribution in [0.1, 0.15) is 12.5 Å². The maximum atomic E-state index is 6.08. The second kappa shape index (κ2) is 7.67. The molecule has 0 amide bonds. The average molecular weight is 325 g/mol. The van der Waals surface area contributed by atoms with Crippen molar-refractivity contribution in [2.75, 3.05) is 0 Å². The molecule has 0 saturated carbocycles. The van der Waals surface area contributed by atoms with Gasteiger partial charge in [-0.2, -0.15) is 0 Å². The molecule has 124 valence electrons. The van der Waals surface area contributed by atoms with Gasteiger partial charge >= 0.3 is 0 Å². The van der Waals surface area contributed by atoms with Gasteiger partial charge in [-0.1, -0.05) is 91.5 Å². The molecule has 0 atom stereocenters. The summed E-state index contributed by atoms with van der Waals surface area (Å²) in [5, 5.41) is 2.55. The van der Waals surface area contributed by atoms with E-state index in [4.69, 9.17) is 5.73 Å². The Morgan fingerprint density at radius 2 is 1.68 bits per heavy atom. The van der Waals surface area contributed by atoms with Crippen molar-refractivity contribution < 1.29 is 0 Å². The van der Waals surface area contributed by atoms with Gasteiger partial charge in [0, 0.05) is 5.70 Å². The number of hydrogen-bond donors (Lipinski definition) is 1. The van der Waals surface area contributed by atoms with Gasteiger partial charge in [0.25, 0.3) is 0 Å². The molecule has 0 aliphatic heterocycles. The van der Waals surface area contributed by atoms with Crippen LogP contribution in [0.15, 0.2) is 103 Å². The normalized spacial score (nSPS) is 12.4. The Labute approximate surface area is 149 Å². The summed E-state index contributed by atoms with van der Waals surface area (Å²) in [6.45, 7) is 5.70. The smallest absolute Gasteiger partial charge is 0.0306 e. The molecule has 1 heteroatoms. The fourth-order valence-corrected chi connectivity index (χ4v) is 2.96. The van der Waals surface area contributed by atoms with Crippen molar-refractivity contribution >= 4 is 10.8 Å². The van der Waals surface area contributed by atoms with E-state index in [0.717, 1.165) is 17.7 Å². The van der Waals surface area contributed by atoms with Gasteiger partial charge in [0.15, 0.2) is 0 Å². The van der Waals surface area contributed by atoms with Crippen LogP contribution < -0.4 is 5.73 Å². The molecule has 1 nitrogen and oxygen atoms in total. The summed E-state index contributed by atoms with van der Waals surface area (Å²) in [5.74, 6) is 0. The first-order valence-electron chi connectivity index (χ1n) is 8.51. The minimum Gasteiger partial charge on any atom is -0.399 e. The molecule has 3 aromatic carbocycles. The first-order chi connectivity index (χ1) is 12.2. The van der Waals surface area contributed by atoms with Crippen molar-refractivity contribution in [1.82, 2.24) is 0 Å². The molecule has 0 aliphatic rings. The highest BCUT2D eigenvalue weighted by molar-refractivity contribution is 5.96. The molecule has 0 saturated heterocycles. The van der Waals surface area contributed by atoms with Crippen LogP contribution in [0.4, 0.5) is 0 Å². The minimum absolute atomic E-state index is 0.804. The summed E-state index contributed by atoms with van der Waals surface area (Å²) < 4.78 is 0. The largest absolute Gasteiger partial charge is 0.399 e. The minimum atomic E-state index is 0.804. The number of benzene rings is 3. The van der Waals surface area contributed by atoms with Crippen molar-refractivity contribution in [1.29, 1.82) is 0 Å². The fourth-order valence-electron chi connectivity index (χ4n) is 2.96. The molecule has 25 heavy (non-hydrogen) atoms. The standard InChI is InChI=1S/C24H23N/c1-3-7-18(2)24(25)17-14-19-12-15-21(16-13-19)23-11-6-9-20-8-4-5-10-22(20)23/h3-13,15-17H,1,14,25H2,2H3/b18-7+,24-17-. The van der Waals surface area contributed by atoms with E-state index in [1.807, 2.05) is 13.0 Å². The van der Waals surface area contributed by atoms with Crippen molar-refractivity contribution in [2.24, 2.45) is 5.73 Å². The molecule has 3 rings (SSSR count). The lowest BCUT2D eigenvalue weighted by atomic mass is 9.97. The summed E-state index contributed by atoms with van der Waals surface area (Å²) >= 11 is 0. The van der Waals surface area contributed by atoms with Crippen LogP contribution in [0.25, 0.3) is 21.9 Å². The molecule has 0 aliphatic carbocycles. The topological polar surface area (TPSA) is 26.0 Å². The van der Waals surface area contributed by atoms with E-state index in [1.54, 1.807) is 6.08 Å². The SMILES string of the molecule is C=C/C=C(C)/C(N)=C/Cc1ccc(-c2cccc3ccccc23)cc1. The Morgan fingerprint density at radius 1 is 0.960 bits per heavy atom. The predicted molar refractivity (Wildman–Crippen MR) is 109 cm³/mol. The maximum Gasteiger partial charge on any atom is 0.0306 e. The Balaban J connectivity index is 1.84. The highest BCUT2D eigenvalue weighted by atomic mass is 14.6. The van der Waals surface area contributed by atoms with Crippen molar-refractivity contribution in [3.63, 3.8) is 0 Å². The summed E-state index contributed by atoms with van der Waals surface area (Å²) in [5.41, 5.74) is 11.7. The third kappa shape index (κ3) is 3.89. The van der Waals surface area contributed by atoms with Gasteiger partial charge in [-0.05, 0) is 46.4 Å². The highest BCUT2D eigenvalue weighted by Gasteiger charge is 2.03. The van der Waals surface area contributed by atoms with E-state index in [2.05, 4.69) is 79.4 Å². The summed E-state index contributed by atoms with van der Waals surface area (Å²) in [6.07, 6.45) is 6.57. The van der Waals surface area contributed by atoms with E-state index in [1.165, 1.54) is 27.5 Å². The van der Waals surface area contributed by atoms with Crippen LogP contribution in [0.5, 0.6) is 0 Å². The lowest BCUT2D eigenvalue weighted by Crippen LogP contribution is -1.99. The average Bonchev–Trinajstić information content (AvgIpc) is 2.66. The zero-order chi connectivity index (χ0) is 17.6. The predicted octanol–water partition coefficient (Wildman–Crippen LogP) is 6.02. The van der Waals surface area contributed by atoms with E-state index < -0.39 is 0 Å². The fraction of sp³-hybridized carbons (Fsp3) is 0.0833. The molecule has 3 aromatic rings. The van der Waals surface area contributed by atoms with Gasteiger partial charge in [0.2, 0.25) is 0 Å². The maximum absolute atomic E-state index is 6.08. The monoisotopic (exact) mass is 325 g/mol. The van der Waals surface area contributed by atoms with Crippen LogP contribution >= 0.6 is 0 Å². The molecule has 0 radical (unpaired) electrons. The molecular weight excluding hydrogens is 302 g/mol. The van der Waals surface area contributed by atoms with Gasteiger partial charge < -0.3 is 5.73 Å². The van der Waals surface area contributed by atoms with Gasteiger partial charge in [0.1, 0.15) is 0 Å². The molecule has 0 aromatic heterocycles. The van der Waals surface area contributed by atoms with Gasteiger partial charge in [0.05, 0.1) is 0 Å². The van der Waals surface area contributed by atoms with Crippen LogP contribution in [0, 0.1) is 0 Å². The first-order valence-corrected chi connectivity index (χ1v) is 8.51. The molecule has 2 N–H and O–H groups in total. The quantitative estimate of drug-likeness (QED) is 0.570. The second-order valence-electron chi connectivity index (χ2n) is 6.17. The number of nitrogens with two attached hydrogens (primary N) is 1. The zero-order valence-corrected chi connectivity index (χ0v) is 14.6. The summed E-state index contributed by atoms with van der Waals surface area (Å²) in [4.78, 5) is 0. The number of rotatable bonds is 5. The van der Waals surface area contributed by atoms with Crippen molar-refractivity contribution in [3.8, 4) is 11.1 Å². The van der Waals surface area contributed by atoms with E-state index >= 15 is 0 Å². The van der Waals surface area contributed by atoms with Gasteiger partial charge in [-0.25, -0.2) is 0 Å². The molecular formula is C24H23N. The summed E-state index contributed by atoms with van der Waals surface area (Å²) in [7, 11) is 0. The lowest BCUT2D eigenvalue weighted by Gasteiger charge is -2.08. The van der Waals surface area contributed by atoms with Crippen LogP contribution in [-0.2, 0) is 6.42 Å². The molecule has 0 bridgehead atoms. The highest BCUT2D eigenvalue weighted by Crippen LogP contribution is 2.28. The van der Waals surface area contributed by atoms with Crippen molar-refractivity contribution in [2.45, 2.75) is 13.3 Å². The van der Waals surface area contributed by atoms with Gasteiger partial charge in [-0.15, -0.1) is 0 Å². The second-order valence-corrected chi connectivity index (χ2v) is 6.17. The summed E-state index contributed by atoms with van der Waals surface area (Å²) in [6, 6.07) is 23.7. The van der Waals surface area contributed by atoms with E-state index in [0.29, 0.717) is 0 Å². The number of allylic oxidation sites excluding steroid dienone is 4. The molecule has 0 fully saturated rings. The van der Waals surface area contributed by atoms with Crippen LogP contribution in [-0.4, -0.2) is 0 Å². The molecule has 0 spiro atoms. The third-order valence-corrected chi connectivity index (χ3v) is 4.44. The van der Waals surface area contributed by atoms with E-state index in [-0.39, 0.29) is 0 Å². The van der Waals surface area contributed by atoms with E-state index in [9.17, 15) is 0 Å². The van der Waals surface area contributed by atoms with Crippen LogP contribution in [0.3, 0.4) is 0 Å². The Hall–Kier alpha value is -3.06. The molecule has 0 heterocycles.